The third-order valence-electron chi connectivity index (χ3n) is 4.05. The molecule has 3 rings (SSSR count). The first-order chi connectivity index (χ1) is 9.23. The molecule has 0 aromatic heterocycles. The van der Waals surface area contributed by atoms with Crippen molar-refractivity contribution in [2.45, 2.75) is 31.4 Å². The fourth-order valence-electron chi connectivity index (χ4n) is 2.81. The second kappa shape index (κ2) is 5.25. The number of ether oxygens (including phenoxy) is 2. The molecule has 1 atom stereocenters. The molecule has 3 nitrogen and oxygen atoms in total. The predicted octanol–water partition coefficient (Wildman–Crippen LogP) is 2.79. The van der Waals surface area contributed by atoms with Crippen LogP contribution < -0.4 is 14.8 Å². The Balaban J connectivity index is 1.96. The van der Waals surface area contributed by atoms with Gasteiger partial charge in [0, 0.05) is 22.6 Å². The Kier molecular flexibility index (Phi) is 3.63. The second-order valence-electron chi connectivity index (χ2n) is 5.48. The van der Waals surface area contributed by atoms with Crippen molar-refractivity contribution in [1.29, 1.82) is 0 Å². The highest BCUT2D eigenvalue weighted by atomic mass is 32.2. The molecule has 19 heavy (non-hydrogen) atoms. The number of thioether (sulfide) groups is 1. The van der Waals surface area contributed by atoms with E-state index in [0.29, 0.717) is 6.10 Å². The number of para-hydroxylation sites is 1. The lowest BCUT2D eigenvalue weighted by molar-refractivity contribution is 0.219. The summed E-state index contributed by atoms with van der Waals surface area (Å²) in [5, 5.41) is 3.61. The van der Waals surface area contributed by atoms with Gasteiger partial charge in [-0.05, 0) is 32.4 Å². The molecule has 4 heteroatoms. The lowest BCUT2D eigenvalue weighted by Gasteiger charge is -2.32. The Morgan fingerprint density at radius 3 is 2.79 bits per heavy atom. The molecule has 1 aromatic rings. The van der Waals surface area contributed by atoms with Gasteiger partial charge in [-0.2, -0.15) is 11.8 Å². The van der Waals surface area contributed by atoms with E-state index in [1.54, 1.807) is 7.11 Å². The van der Waals surface area contributed by atoms with E-state index in [9.17, 15) is 0 Å². The summed E-state index contributed by atoms with van der Waals surface area (Å²) in [7, 11) is 1.71. The van der Waals surface area contributed by atoms with Crippen LogP contribution in [0.2, 0.25) is 0 Å². The van der Waals surface area contributed by atoms with Crippen molar-refractivity contribution in [3.63, 3.8) is 0 Å². The summed E-state index contributed by atoms with van der Waals surface area (Å²) in [4.78, 5) is 0. The average molecular weight is 279 g/mol. The first kappa shape index (κ1) is 13.1. The minimum atomic E-state index is 0.0146. The zero-order valence-corrected chi connectivity index (χ0v) is 12.4. The third kappa shape index (κ3) is 2.43. The van der Waals surface area contributed by atoms with Crippen molar-refractivity contribution in [3.8, 4) is 11.5 Å². The van der Waals surface area contributed by atoms with Crippen molar-refractivity contribution in [3.05, 3.63) is 23.8 Å². The van der Waals surface area contributed by atoms with Crippen LogP contribution in [0.3, 0.4) is 0 Å². The van der Waals surface area contributed by atoms with E-state index in [-0.39, 0.29) is 5.54 Å². The van der Waals surface area contributed by atoms with Crippen molar-refractivity contribution in [1.82, 2.24) is 5.32 Å². The van der Waals surface area contributed by atoms with Crippen LogP contribution in [0.4, 0.5) is 0 Å². The van der Waals surface area contributed by atoms with Gasteiger partial charge in [-0.25, -0.2) is 0 Å². The molecule has 1 aromatic carbocycles. The molecular formula is C15H21NO2S. The lowest BCUT2D eigenvalue weighted by atomic mass is 9.89. The van der Waals surface area contributed by atoms with Crippen LogP contribution in [0.1, 0.15) is 25.3 Å². The highest BCUT2D eigenvalue weighted by Gasteiger charge is 2.35. The second-order valence-corrected chi connectivity index (χ2v) is 6.55. The van der Waals surface area contributed by atoms with E-state index < -0.39 is 0 Å². The van der Waals surface area contributed by atoms with Crippen LogP contribution >= 0.6 is 11.8 Å². The zero-order chi connectivity index (χ0) is 13.3. The Hall–Kier alpha value is -0.870. The molecule has 2 heterocycles. The van der Waals surface area contributed by atoms with E-state index in [0.717, 1.165) is 36.0 Å². The molecular weight excluding hydrogens is 258 g/mol. The number of methoxy groups -OCH3 is 1. The van der Waals surface area contributed by atoms with Crippen LogP contribution in [-0.2, 0) is 5.54 Å². The smallest absolute Gasteiger partial charge is 0.166 e. The van der Waals surface area contributed by atoms with Gasteiger partial charge in [0.25, 0.3) is 0 Å². The monoisotopic (exact) mass is 279 g/mol. The summed E-state index contributed by atoms with van der Waals surface area (Å²) in [6, 6.07) is 6.22. The standard InChI is InChI=1S/C15H21NO2S/c1-15(7-4-8-16-15)12-5-3-6-13(17-2)14(12)18-11-9-19-10-11/h3,5-6,11,16H,4,7-10H2,1-2H3. The molecule has 1 unspecified atom stereocenters. The predicted molar refractivity (Wildman–Crippen MR) is 79.3 cm³/mol. The number of nitrogens with one attached hydrogen (secondary N) is 1. The fourth-order valence-corrected chi connectivity index (χ4v) is 3.37. The minimum absolute atomic E-state index is 0.0146. The number of hydrogen-bond acceptors (Lipinski definition) is 4. The Morgan fingerprint density at radius 1 is 1.37 bits per heavy atom. The van der Waals surface area contributed by atoms with Gasteiger partial charge in [-0.15, -0.1) is 0 Å². The molecule has 104 valence electrons. The van der Waals surface area contributed by atoms with Crippen molar-refractivity contribution >= 4 is 11.8 Å². The largest absolute Gasteiger partial charge is 0.493 e. The maximum Gasteiger partial charge on any atom is 0.166 e. The normalized spacial score (nSPS) is 27.1. The zero-order valence-electron chi connectivity index (χ0n) is 11.6. The molecule has 0 radical (unpaired) electrons. The molecule has 0 aliphatic carbocycles. The Bertz CT molecular complexity index is 453. The van der Waals surface area contributed by atoms with Gasteiger partial charge in [-0.1, -0.05) is 12.1 Å². The fraction of sp³-hybridized carbons (Fsp3) is 0.600. The summed E-state index contributed by atoms with van der Waals surface area (Å²) in [5.74, 6) is 3.96. The third-order valence-corrected chi connectivity index (χ3v) is 5.27. The maximum absolute atomic E-state index is 6.20. The number of hydrogen-bond donors (Lipinski definition) is 1. The summed E-state index contributed by atoms with van der Waals surface area (Å²) >= 11 is 1.93. The Morgan fingerprint density at radius 2 is 2.21 bits per heavy atom. The van der Waals surface area contributed by atoms with Gasteiger partial charge in [0.05, 0.1) is 7.11 Å². The molecule has 2 aliphatic heterocycles. The number of rotatable bonds is 4. The van der Waals surface area contributed by atoms with E-state index in [1.807, 2.05) is 17.8 Å². The van der Waals surface area contributed by atoms with Gasteiger partial charge in [0.1, 0.15) is 6.10 Å². The highest BCUT2D eigenvalue weighted by molar-refractivity contribution is 8.00. The maximum atomic E-state index is 6.20. The molecule has 0 spiro atoms. The average Bonchev–Trinajstić information content (AvgIpc) is 2.81. The minimum Gasteiger partial charge on any atom is -0.493 e. The van der Waals surface area contributed by atoms with E-state index in [2.05, 4.69) is 24.4 Å². The number of benzene rings is 1. The van der Waals surface area contributed by atoms with Crippen LogP contribution in [0, 0.1) is 0 Å². The molecule has 0 bridgehead atoms. The quantitative estimate of drug-likeness (QED) is 0.918. The van der Waals surface area contributed by atoms with Gasteiger partial charge >= 0.3 is 0 Å². The molecule has 2 saturated heterocycles. The van der Waals surface area contributed by atoms with E-state index in [4.69, 9.17) is 9.47 Å². The van der Waals surface area contributed by atoms with E-state index in [1.165, 1.54) is 12.0 Å². The van der Waals surface area contributed by atoms with E-state index >= 15 is 0 Å². The summed E-state index contributed by atoms with van der Waals surface area (Å²) in [6.45, 7) is 3.34. The summed E-state index contributed by atoms with van der Waals surface area (Å²) < 4.78 is 11.7. The highest BCUT2D eigenvalue weighted by Crippen LogP contribution is 2.42. The SMILES string of the molecule is COc1cccc(C2(C)CCCN2)c1OC1CSC1. The molecule has 1 N–H and O–H groups in total. The molecule has 2 fully saturated rings. The van der Waals surface area contributed by atoms with Crippen LogP contribution in [0.5, 0.6) is 11.5 Å². The molecule has 0 amide bonds. The van der Waals surface area contributed by atoms with Gasteiger partial charge in [0.15, 0.2) is 11.5 Å². The first-order valence-corrected chi connectivity index (χ1v) is 8.05. The van der Waals surface area contributed by atoms with Crippen molar-refractivity contribution < 1.29 is 9.47 Å². The van der Waals surface area contributed by atoms with Crippen LogP contribution in [0.25, 0.3) is 0 Å². The summed E-state index contributed by atoms with van der Waals surface area (Å²) in [6.07, 6.45) is 2.70. The van der Waals surface area contributed by atoms with Crippen LogP contribution in [0.15, 0.2) is 18.2 Å². The Labute approximate surface area is 119 Å². The van der Waals surface area contributed by atoms with Gasteiger partial charge < -0.3 is 14.8 Å². The molecule has 0 saturated carbocycles. The molecule has 2 aliphatic rings. The van der Waals surface area contributed by atoms with Crippen LogP contribution in [-0.4, -0.2) is 31.3 Å². The topological polar surface area (TPSA) is 30.5 Å². The van der Waals surface area contributed by atoms with Gasteiger partial charge in [0.2, 0.25) is 0 Å². The van der Waals surface area contributed by atoms with Gasteiger partial charge in [-0.3, -0.25) is 0 Å². The lowest BCUT2D eigenvalue weighted by Crippen LogP contribution is -2.36. The van der Waals surface area contributed by atoms with Crippen molar-refractivity contribution in [2.24, 2.45) is 0 Å². The first-order valence-electron chi connectivity index (χ1n) is 6.90. The summed E-state index contributed by atoms with van der Waals surface area (Å²) in [5.41, 5.74) is 1.25. The van der Waals surface area contributed by atoms with Crippen molar-refractivity contribution in [2.75, 3.05) is 25.2 Å².